The zero-order valence-electron chi connectivity index (χ0n) is 10.6. The lowest BCUT2D eigenvalue weighted by molar-refractivity contribution is 0.0965. The van der Waals surface area contributed by atoms with Crippen LogP contribution in [0, 0.1) is 0 Å². The number of anilines is 2. The smallest absolute Gasteiger partial charge is 0.295 e. The van der Waals surface area contributed by atoms with Crippen molar-refractivity contribution in [1.29, 1.82) is 0 Å². The van der Waals surface area contributed by atoms with Crippen molar-refractivity contribution in [3.05, 3.63) is 35.7 Å². The molecule has 0 aliphatic carbocycles. The van der Waals surface area contributed by atoms with E-state index in [9.17, 15) is 4.79 Å². The molecule has 1 aliphatic rings. The van der Waals surface area contributed by atoms with E-state index in [2.05, 4.69) is 21.2 Å². The number of fused-ring (bicyclic) bond motifs is 1. The van der Waals surface area contributed by atoms with Crippen molar-refractivity contribution < 1.29 is 4.79 Å². The van der Waals surface area contributed by atoms with Gasteiger partial charge in [0.15, 0.2) is 0 Å². The lowest BCUT2D eigenvalue weighted by Crippen LogP contribution is -2.42. The highest BCUT2D eigenvalue weighted by molar-refractivity contribution is 6.04. The summed E-state index contributed by atoms with van der Waals surface area (Å²) in [5.74, 6) is 0.0752. The number of para-hydroxylation sites is 1. The molecule has 2 heterocycles. The third-order valence-corrected chi connectivity index (χ3v) is 3.45. The molecule has 1 aromatic carbocycles. The van der Waals surface area contributed by atoms with Crippen LogP contribution in [-0.4, -0.2) is 27.1 Å². The van der Waals surface area contributed by atoms with Crippen LogP contribution >= 0.6 is 0 Å². The van der Waals surface area contributed by atoms with Crippen molar-refractivity contribution >= 4 is 17.5 Å². The number of hydrogen-bond donors (Lipinski definition) is 2. The van der Waals surface area contributed by atoms with Crippen molar-refractivity contribution in [2.24, 2.45) is 0 Å². The van der Waals surface area contributed by atoms with Crippen LogP contribution in [0.2, 0.25) is 0 Å². The van der Waals surface area contributed by atoms with Crippen LogP contribution in [0.25, 0.3) is 0 Å². The first-order chi connectivity index (χ1) is 9.16. The van der Waals surface area contributed by atoms with Gasteiger partial charge in [-0.1, -0.05) is 18.2 Å². The summed E-state index contributed by atoms with van der Waals surface area (Å²) in [4.78, 5) is 18.2. The summed E-state index contributed by atoms with van der Waals surface area (Å²) in [7, 11) is 0. The summed E-state index contributed by atoms with van der Waals surface area (Å²) in [5.41, 5.74) is 7.58. The maximum absolute atomic E-state index is 12.5. The minimum absolute atomic E-state index is 0.0845. The molecule has 0 bridgehead atoms. The average molecular weight is 257 g/mol. The second-order valence-electron chi connectivity index (χ2n) is 4.73. The van der Waals surface area contributed by atoms with Crippen LogP contribution < -0.4 is 10.6 Å². The Morgan fingerprint density at radius 2 is 2.26 bits per heavy atom. The number of carbonyl (C=O) groups is 1. The van der Waals surface area contributed by atoms with Crippen molar-refractivity contribution in [2.75, 3.05) is 10.6 Å². The lowest BCUT2D eigenvalue weighted by atomic mass is 9.96. The quantitative estimate of drug-likeness (QED) is 0.807. The fourth-order valence-corrected chi connectivity index (χ4v) is 2.48. The van der Waals surface area contributed by atoms with Gasteiger partial charge in [0, 0.05) is 11.7 Å². The molecule has 2 aromatic rings. The number of aromatic amines is 1. The van der Waals surface area contributed by atoms with Gasteiger partial charge in [-0.2, -0.15) is 4.98 Å². The standard InChI is InChI=1S/C13H15N5O/c1-8-6-7-9-4-2-3-5-10(9)18(8)12(19)11-15-13(14)17-16-11/h2-5,8H,6-7H2,1H3,(H3,14,15,16,17). The number of rotatable bonds is 1. The Labute approximate surface area is 110 Å². The van der Waals surface area contributed by atoms with E-state index in [0.717, 1.165) is 18.5 Å². The first-order valence-corrected chi connectivity index (χ1v) is 6.26. The third-order valence-electron chi connectivity index (χ3n) is 3.45. The molecule has 19 heavy (non-hydrogen) atoms. The molecular weight excluding hydrogens is 242 g/mol. The van der Waals surface area contributed by atoms with E-state index in [1.54, 1.807) is 4.90 Å². The number of nitrogen functional groups attached to an aromatic ring is 1. The first kappa shape index (κ1) is 11.7. The molecule has 1 amide bonds. The van der Waals surface area contributed by atoms with E-state index in [4.69, 9.17) is 5.73 Å². The summed E-state index contributed by atoms with van der Waals surface area (Å²) in [6.07, 6.45) is 1.92. The van der Waals surface area contributed by atoms with Gasteiger partial charge in [-0.3, -0.25) is 9.89 Å². The van der Waals surface area contributed by atoms with E-state index in [1.807, 2.05) is 25.1 Å². The summed E-state index contributed by atoms with van der Waals surface area (Å²) in [6.45, 7) is 2.04. The van der Waals surface area contributed by atoms with Gasteiger partial charge in [0.1, 0.15) is 0 Å². The van der Waals surface area contributed by atoms with Gasteiger partial charge in [-0.05, 0) is 31.4 Å². The number of nitrogens with one attached hydrogen (secondary N) is 1. The number of hydrogen-bond acceptors (Lipinski definition) is 4. The highest BCUT2D eigenvalue weighted by Crippen LogP contribution is 2.31. The lowest BCUT2D eigenvalue weighted by Gasteiger charge is -2.34. The summed E-state index contributed by atoms with van der Waals surface area (Å²) in [6, 6.07) is 8.07. The van der Waals surface area contributed by atoms with Crippen LogP contribution in [-0.2, 0) is 6.42 Å². The molecule has 0 spiro atoms. The molecule has 6 nitrogen and oxygen atoms in total. The Morgan fingerprint density at radius 3 is 3.00 bits per heavy atom. The molecular formula is C13H15N5O. The second kappa shape index (κ2) is 4.38. The zero-order valence-corrected chi connectivity index (χ0v) is 10.6. The molecule has 1 aromatic heterocycles. The van der Waals surface area contributed by atoms with Crippen LogP contribution in [0.1, 0.15) is 29.5 Å². The van der Waals surface area contributed by atoms with Gasteiger partial charge in [0.25, 0.3) is 5.91 Å². The summed E-state index contributed by atoms with van der Waals surface area (Å²) in [5, 5.41) is 6.28. The van der Waals surface area contributed by atoms with Crippen molar-refractivity contribution in [2.45, 2.75) is 25.8 Å². The second-order valence-corrected chi connectivity index (χ2v) is 4.73. The Bertz CT molecular complexity index is 621. The Morgan fingerprint density at radius 1 is 1.47 bits per heavy atom. The molecule has 98 valence electrons. The number of carbonyl (C=O) groups excluding carboxylic acids is 1. The Hall–Kier alpha value is -2.37. The molecule has 0 saturated carbocycles. The van der Waals surface area contributed by atoms with Crippen LogP contribution in [0.5, 0.6) is 0 Å². The van der Waals surface area contributed by atoms with E-state index in [0.29, 0.717) is 0 Å². The van der Waals surface area contributed by atoms with Crippen LogP contribution in [0.15, 0.2) is 24.3 Å². The molecule has 0 fully saturated rings. The van der Waals surface area contributed by atoms with Gasteiger partial charge < -0.3 is 10.6 Å². The van der Waals surface area contributed by atoms with Gasteiger partial charge >= 0.3 is 0 Å². The fraction of sp³-hybridized carbons (Fsp3) is 0.308. The number of aryl methyl sites for hydroxylation is 1. The third kappa shape index (κ3) is 1.95. The van der Waals surface area contributed by atoms with Gasteiger partial charge in [-0.25, -0.2) is 0 Å². The zero-order chi connectivity index (χ0) is 13.4. The van der Waals surface area contributed by atoms with E-state index in [-0.39, 0.29) is 23.7 Å². The normalized spacial score (nSPS) is 18.2. The minimum Gasteiger partial charge on any atom is -0.366 e. The van der Waals surface area contributed by atoms with Crippen LogP contribution in [0.4, 0.5) is 11.6 Å². The SMILES string of the molecule is CC1CCc2ccccc2N1C(=O)c1nc(N)n[nH]1. The van der Waals surface area contributed by atoms with Gasteiger partial charge in [0.2, 0.25) is 11.8 Å². The highest BCUT2D eigenvalue weighted by Gasteiger charge is 2.30. The predicted octanol–water partition coefficient (Wildman–Crippen LogP) is 1.37. The Balaban J connectivity index is 2.02. The molecule has 3 N–H and O–H groups in total. The molecule has 0 saturated heterocycles. The van der Waals surface area contributed by atoms with Crippen molar-refractivity contribution in [3.63, 3.8) is 0 Å². The van der Waals surface area contributed by atoms with Crippen molar-refractivity contribution in [3.8, 4) is 0 Å². The minimum atomic E-state index is -0.191. The largest absolute Gasteiger partial charge is 0.366 e. The monoisotopic (exact) mass is 257 g/mol. The van der Waals surface area contributed by atoms with Gasteiger partial charge in [0.05, 0.1) is 0 Å². The number of benzene rings is 1. The van der Waals surface area contributed by atoms with Crippen LogP contribution in [0.3, 0.4) is 0 Å². The highest BCUT2D eigenvalue weighted by atomic mass is 16.2. The number of aromatic nitrogens is 3. The Kier molecular flexibility index (Phi) is 2.70. The molecule has 1 aliphatic heterocycles. The molecule has 6 heteroatoms. The maximum Gasteiger partial charge on any atom is 0.295 e. The number of nitrogens with zero attached hydrogens (tertiary/aromatic N) is 3. The van der Waals surface area contributed by atoms with E-state index >= 15 is 0 Å². The summed E-state index contributed by atoms with van der Waals surface area (Å²) < 4.78 is 0. The molecule has 3 rings (SSSR count). The number of amides is 1. The summed E-state index contributed by atoms with van der Waals surface area (Å²) >= 11 is 0. The molecule has 0 radical (unpaired) electrons. The van der Waals surface area contributed by atoms with E-state index < -0.39 is 0 Å². The number of nitrogens with two attached hydrogens (primary N) is 1. The van der Waals surface area contributed by atoms with E-state index in [1.165, 1.54) is 5.56 Å². The first-order valence-electron chi connectivity index (χ1n) is 6.26. The van der Waals surface area contributed by atoms with Gasteiger partial charge in [-0.15, -0.1) is 5.10 Å². The predicted molar refractivity (Wildman–Crippen MR) is 71.8 cm³/mol. The molecule has 1 atom stereocenters. The maximum atomic E-state index is 12.5. The topological polar surface area (TPSA) is 87.9 Å². The van der Waals surface area contributed by atoms with Crippen molar-refractivity contribution in [1.82, 2.24) is 15.2 Å². The fourth-order valence-electron chi connectivity index (χ4n) is 2.48. The molecule has 1 unspecified atom stereocenters. The number of H-pyrrole nitrogens is 1. The average Bonchev–Trinajstić information content (AvgIpc) is 2.85.